The molecule has 0 aliphatic carbocycles. The molecule has 0 unspecified atom stereocenters. The van der Waals surface area contributed by atoms with Crippen molar-refractivity contribution in [3.63, 3.8) is 0 Å². The van der Waals surface area contributed by atoms with Crippen molar-refractivity contribution in [3.8, 4) is 0 Å². The van der Waals surface area contributed by atoms with E-state index in [2.05, 4.69) is 10.2 Å². The van der Waals surface area contributed by atoms with E-state index in [-0.39, 0.29) is 17.7 Å². The summed E-state index contributed by atoms with van der Waals surface area (Å²) < 4.78 is 0. The van der Waals surface area contributed by atoms with E-state index in [1.807, 2.05) is 39.5 Å². The van der Waals surface area contributed by atoms with Gasteiger partial charge < -0.3 is 10.2 Å². The summed E-state index contributed by atoms with van der Waals surface area (Å²) in [7, 11) is 0. The van der Waals surface area contributed by atoms with E-state index < -0.39 is 0 Å². The molecule has 0 spiro atoms. The standard InChI is InChI=1S/C17H33N3O2.C2H6/c1-4-16(21)18-9-7-5-6-8-10-19-11-13-20(14-12-19)17(22)15(2)3;1-2/h15H,4-14H2,1-3H3,(H,18,21);1-2H3. The van der Waals surface area contributed by atoms with Crippen molar-refractivity contribution >= 4 is 11.8 Å². The van der Waals surface area contributed by atoms with Gasteiger partial charge in [0.1, 0.15) is 0 Å². The normalized spacial score (nSPS) is 15.0. The fourth-order valence-corrected chi connectivity index (χ4v) is 2.72. The lowest BCUT2D eigenvalue weighted by Gasteiger charge is -2.35. The second kappa shape index (κ2) is 14.3. The first kappa shape index (κ1) is 22.9. The molecule has 5 heteroatoms. The third-order valence-electron chi connectivity index (χ3n) is 4.22. The molecule has 24 heavy (non-hydrogen) atoms. The molecule has 1 saturated heterocycles. The molecule has 1 aliphatic rings. The van der Waals surface area contributed by atoms with Crippen molar-refractivity contribution in [2.75, 3.05) is 39.3 Å². The first-order valence-electron chi connectivity index (χ1n) is 9.82. The maximum atomic E-state index is 11.9. The molecule has 0 atom stereocenters. The summed E-state index contributed by atoms with van der Waals surface area (Å²) in [5, 5.41) is 2.91. The van der Waals surface area contributed by atoms with Crippen LogP contribution in [0.4, 0.5) is 0 Å². The first-order chi connectivity index (χ1) is 11.5. The number of unbranched alkanes of at least 4 members (excludes halogenated alkanes) is 3. The van der Waals surface area contributed by atoms with Crippen molar-refractivity contribution in [1.29, 1.82) is 0 Å². The van der Waals surface area contributed by atoms with E-state index in [1.165, 1.54) is 19.3 Å². The molecule has 0 saturated carbocycles. The van der Waals surface area contributed by atoms with Crippen LogP contribution in [-0.2, 0) is 9.59 Å². The zero-order valence-electron chi connectivity index (χ0n) is 16.6. The predicted octanol–water partition coefficient (Wildman–Crippen LogP) is 2.90. The van der Waals surface area contributed by atoms with E-state index in [4.69, 9.17) is 0 Å². The predicted molar refractivity (Wildman–Crippen MR) is 101 cm³/mol. The Labute approximate surface area is 149 Å². The highest BCUT2D eigenvalue weighted by atomic mass is 16.2. The molecule has 5 nitrogen and oxygen atoms in total. The fourth-order valence-electron chi connectivity index (χ4n) is 2.72. The number of carbonyl (C=O) groups excluding carboxylic acids is 2. The van der Waals surface area contributed by atoms with Gasteiger partial charge in [0.05, 0.1) is 0 Å². The molecule has 1 heterocycles. The van der Waals surface area contributed by atoms with Crippen LogP contribution in [-0.4, -0.2) is 60.9 Å². The zero-order chi connectivity index (χ0) is 18.4. The Bertz CT molecular complexity index is 338. The van der Waals surface area contributed by atoms with Crippen LogP contribution < -0.4 is 5.32 Å². The molecule has 0 bridgehead atoms. The summed E-state index contributed by atoms with van der Waals surface area (Å²) in [6.07, 6.45) is 5.25. The van der Waals surface area contributed by atoms with Crippen LogP contribution in [0.1, 0.15) is 66.7 Å². The maximum Gasteiger partial charge on any atom is 0.225 e. The number of nitrogens with zero attached hydrogens (tertiary/aromatic N) is 2. The van der Waals surface area contributed by atoms with Gasteiger partial charge in [-0.2, -0.15) is 0 Å². The molecule has 142 valence electrons. The third kappa shape index (κ3) is 9.91. The number of hydrogen-bond acceptors (Lipinski definition) is 3. The molecule has 1 N–H and O–H groups in total. The fraction of sp³-hybridized carbons (Fsp3) is 0.895. The van der Waals surface area contributed by atoms with Crippen LogP contribution in [0.25, 0.3) is 0 Å². The highest BCUT2D eigenvalue weighted by molar-refractivity contribution is 5.78. The molecular formula is C19H39N3O2. The lowest BCUT2D eigenvalue weighted by atomic mass is 10.1. The summed E-state index contributed by atoms with van der Waals surface area (Å²) in [5.74, 6) is 0.544. The molecule has 0 aromatic heterocycles. The number of carbonyl (C=O) groups is 2. The van der Waals surface area contributed by atoms with Gasteiger partial charge in [-0.3, -0.25) is 14.5 Å². The van der Waals surface area contributed by atoms with E-state index >= 15 is 0 Å². The van der Waals surface area contributed by atoms with Crippen LogP contribution in [0.3, 0.4) is 0 Å². The Kier molecular flexibility index (Phi) is 13.6. The highest BCUT2D eigenvalue weighted by Gasteiger charge is 2.22. The number of amides is 2. The minimum atomic E-state index is 0.111. The smallest absolute Gasteiger partial charge is 0.225 e. The van der Waals surface area contributed by atoms with Gasteiger partial charge in [-0.25, -0.2) is 0 Å². The summed E-state index contributed by atoms with van der Waals surface area (Å²) in [4.78, 5) is 27.4. The number of nitrogens with one attached hydrogen (secondary N) is 1. The molecule has 0 radical (unpaired) electrons. The summed E-state index contributed by atoms with van der Waals surface area (Å²) >= 11 is 0. The topological polar surface area (TPSA) is 52.7 Å². The minimum absolute atomic E-state index is 0.111. The summed E-state index contributed by atoms with van der Waals surface area (Å²) in [6.45, 7) is 15.5. The van der Waals surface area contributed by atoms with Crippen molar-refractivity contribution in [2.24, 2.45) is 5.92 Å². The van der Waals surface area contributed by atoms with E-state index in [0.717, 1.165) is 45.7 Å². The second-order valence-electron chi connectivity index (χ2n) is 6.44. The molecule has 2 amide bonds. The maximum absolute atomic E-state index is 11.9. The number of piperazine rings is 1. The van der Waals surface area contributed by atoms with Crippen LogP contribution in [0, 0.1) is 5.92 Å². The van der Waals surface area contributed by atoms with Gasteiger partial charge in [0.15, 0.2) is 0 Å². The molecule has 1 fully saturated rings. The molecule has 1 rings (SSSR count). The van der Waals surface area contributed by atoms with Crippen molar-refractivity contribution in [1.82, 2.24) is 15.1 Å². The van der Waals surface area contributed by atoms with Crippen molar-refractivity contribution < 1.29 is 9.59 Å². The Morgan fingerprint density at radius 1 is 0.958 bits per heavy atom. The lowest BCUT2D eigenvalue weighted by Crippen LogP contribution is -2.49. The van der Waals surface area contributed by atoms with E-state index in [0.29, 0.717) is 6.42 Å². The van der Waals surface area contributed by atoms with Gasteiger partial charge in [-0.1, -0.05) is 47.5 Å². The van der Waals surface area contributed by atoms with Crippen LogP contribution >= 0.6 is 0 Å². The molecule has 1 aliphatic heterocycles. The van der Waals surface area contributed by atoms with Crippen molar-refractivity contribution in [2.45, 2.75) is 66.7 Å². The van der Waals surface area contributed by atoms with Crippen LogP contribution in [0.5, 0.6) is 0 Å². The third-order valence-corrected chi connectivity index (χ3v) is 4.22. The first-order valence-corrected chi connectivity index (χ1v) is 9.82. The molecule has 0 aromatic carbocycles. The van der Waals surface area contributed by atoms with Gasteiger partial charge in [-0.15, -0.1) is 0 Å². The Morgan fingerprint density at radius 3 is 2.08 bits per heavy atom. The minimum Gasteiger partial charge on any atom is -0.356 e. The Hall–Kier alpha value is -1.10. The van der Waals surface area contributed by atoms with Gasteiger partial charge in [0.25, 0.3) is 0 Å². The average molecular weight is 342 g/mol. The Balaban J connectivity index is 0.00000254. The van der Waals surface area contributed by atoms with Crippen LogP contribution in [0.15, 0.2) is 0 Å². The van der Waals surface area contributed by atoms with Crippen LogP contribution in [0.2, 0.25) is 0 Å². The molecular weight excluding hydrogens is 302 g/mol. The largest absolute Gasteiger partial charge is 0.356 e. The number of rotatable bonds is 9. The van der Waals surface area contributed by atoms with E-state index in [1.54, 1.807) is 0 Å². The van der Waals surface area contributed by atoms with Gasteiger partial charge in [0.2, 0.25) is 11.8 Å². The second-order valence-corrected chi connectivity index (χ2v) is 6.44. The quantitative estimate of drug-likeness (QED) is 0.656. The Morgan fingerprint density at radius 2 is 1.54 bits per heavy atom. The zero-order valence-corrected chi connectivity index (χ0v) is 16.6. The van der Waals surface area contributed by atoms with E-state index in [9.17, 15) is 9.59 Å². The number of hydrogen-bond donors (Lipinski definition) is 1. The summed E-state index contributed by atoms with van der Waals surface area (Å²) in [5.41, 5.74) is 0. The van der Waals surface area contributed by atoms with Gasteiger partial charge in [-0.05, 0) is 19.4 Å². The van der Waals surface area contributed by atoms with Crippen molar-refractivity contribution in [3.05, 3.63) is 0 Å². The molecule has 0 aromatic rings. The van der Waals surface area contributed by atoms with Gasteiger partial charge in [0, 0.05) is 45.1 Å². The van der Waals surface area contributed by atoms with Gasteiger partial charge >= 0.3 is 0 Å². The summed E-state index contributed by atoms with van der Waals surface area (Å²) in [6, 6.07) is 0. The lowest BCUT2D eigenvalue weighted by molar-refractivity contribution is -0.136. The highest BCUT2D eigenvalue weighted by Crippen LogP contribution is 2.08. The average Bonchev–Trinajstić information content (AvgIpc) is 2.62. The monoisotopic (exact) mass is 341 g/mol. The SMILES string of the molecule is CC.CCC(=O)NCCCCCCN1CCN(C(=O)C(C)C)CC1.